The molecule has 112 valence electrons. The van der Waals surface area contributed by atoms with Gasteiger partial charge in [0.1, 0.15) is 0 Å². The number of amides is 1. The van der Waals surface area contributed by atoms with Crippen LogP contribution in [0.25, 0.3) is 10.2 Å². The Morgan fingerprint density at radius 2 is 1.91 bits per heavy atom. The first kappa shape index (κ1) is 14.7. The molecule has 0 bridgehead atoms. The summed E-state index contributed by atoms with van der Waals surface area (Å²) in [6, 6.07) is 13.8. The summed E-state index contributed by atoms with van der Waals surface area (Å²) >= 11 is 1.56. The second-order valence-electron chi connectivity index (χ2n) is 5.34. The Kier molecular flexibility index (Phi) is 3.94. The largest absolute Gasteiger partial charge is 0.319 e. The zero-order chi connectivity index (χ0) is 15.7. The summed E-state index contributed by atoms with van der Waals surface area (Å²) in [5, 5.41) is 0. The van der Waals surface area contributed by atoms with Crippen molar-refractivity contribution in [2.24, 2.45) is 12.0 Å². The van der Waals surface area contributed by atoms with Gasteiger partial charge in [0.25, 0.3) is 5.91 Å². The number of aryl methyl sites for hydroxylation is 3. The van der Waals surface area contributed by atoms with Crippen LogP contribution in [0.4, 0.5) is 0 Å². The van der Waals surface area contributed by atoms with Crippen LogP contribution in [0.15, 0.2) is 47.5 Å². The van der Waals surface area contributed by atoms with Gasteiger partial charge in [0.2, 0.25) is 0 Å². The monoisotopic (exact) mass is 310 g/mol. The van der Waals surface area contributed by atoms with E-state index in [-0.39, 0.29) is 5.91 Å². The fourth-order valence-corrected chi connectivity index (χ4v) is 3.59. The van der Waals surface area contributed by atoms with Gasteiger partial charge in [-0.15, -0.1) is 0 Å². The highest BCUT2D eigenvalue weighted by atomic mass is 32.1. The van der Waals surface area contributed by atoms with Gasteiger partial charge in [-0.2, -0.15) is 4.99 Å². The summed E-state index contributed by atoms with van der Waals surface area (Å²) in [6.45, 7) is 4.14. The van der Waals surface area contributed by atoms with E-state index in [0.29, 0.717) is 5.56 Å². The second-order valence-corrected chi connectivity index (χ2v) is 6.35. The molecule has 4 heteroatoms. The summed E-state index contributed by atoms with van der Waals surface area (Å²) < 4.78 is 3.18. The van der Waals surface area contributed by atoms with Gasteiger partial charge in [0.05, 0.1) is 10.2 Å². The van der Waals surface area contributed by atoms with E-state index < -0.39 is 0 Å². The van der Waals surface area contributed by atoms with Crippen molar-refractivity contribution in [3.8, 4) is 0 Å². The molecular formula is C18H18N2OS. The fourth-order valence-electron chi connectivity index (χ4n) is 2.52. The maximum absolute atomic E-state index is 12.3. The first-order valence-corrected chi connectivity index (χ1v) is 8.15. The molecule has 22 heavy (non-hydrogen) atoms. The molecule has 3 aromatic rings. The molecule has 0 aliphatic rings. The fraction of sp³-hybridized carbons (Fsp3) is 0.222. The van der Waals surface area contributed by atoms with Crippen LogP contribution in [0.2, 0.25) is 0 Å². The van der Waals surface area contributed by atoms with E-state index in [1.54, 1.807) is 11.3 Å². The van der Waals surface area contributed by atoms with E-state index in [1.807, 2.05) is 42.8 Å². The highest BCUT2D eigenvalue weighted by Gasteiger charge is 2.09. The van der Waals surface area contributed by atoms with Gasteiger partial charge < -0.3 is 4.57 Å². The van der Waals surface area contributed by atoms with Gasteiger partial charge in [0, 0.05) is 12.6 Å². The number of para-hydroxylation sites is 1. The molecule has 1 heterocycles. The number of nitrogens with zero attached hydrogens (tertiary/aromatic N) is 2. The lowest BCUT2D eigenvalue weighted by atomic mass is 10.1. The zero-order valence-electron chi connectivity index (χ0n) is 13.0. The molecule has 2 aromatic carbocycles. The number of carbonyl (C=O) groups is 1. The molecule has 3 nitrogen and oxygen atoms in total. The number of thiazole rings is 1. The van der Waals surface area contributed by atoms with Crippen LogP contribution in [-0.4, -0.2) is 10.5 Å². The molecule has 3 rings (SSSR count). The first-order chi connectivity index (χ1) is 10.6. The third kappa shape index (κ3) is 2.62. The lowest BCUT2D eigenvalue weighted by Gasteiger charge is -2.02. The molecule has 0 spiro atoms. The van der Waals surface area contributed by atoms with Crippen molar-refractivity contribution in [2.45, 2.75) is 20.3 Å². The topological polar surface area (TPSA) is 34.4 Å². The highest BCUT2D eigenvalue weighted by Crippen LogP contribution is 2.21. The summed E-state index contributed by atoms with van der Waals surface area (Å²) in [7, 11) is 1.97. The maximum Gasteiger partial charge on any atom is 0.279 e. The molecule has 0 N–H and O–H groups in total. The molecular weight excluding hydrogens is 292 g/mol. The Hall–Kier alpha value is -2.20. The summed E-state index contributed by atoms with van der Waals surface area (Å²) in [4.78, 5) is 17.4. The normalized spacial score (nSPS) is 12.0. The Morgan fingerprint density at radius 1 is 1.18 bits per heavy atom. The van der Waals surface area contributed by atoms with E-state index in [2.05, 4.69) is 30.1 Å². The van der Waals surface area contributed by atoms with Crippen molar-refractivity contribution in [3.05, 3.63) is 64.0 Å². The van der Waals surface area contributed by atoms with Crippen LogP contribution in [-0.2, 0) is 13.5 Å². The van der Waals surface area contributed by atoms with Crippen LogP contribution in [0.5, 0.6) is 0 Å². The number of hydrogen-bond donors (Lipinski definition) is 0. The van der Waals surface area contributed by atoms with Crippen molar-refractivity contribution < 1.29 is 4.79 Å². The molecule has 0 aliphatic heterocycles. The third-order valence-electron chi connectivity index (χ3n) is 3.78. The molecule has 0 saturated carbocycles. The van der Waals surface area contributed by atoms with E-state index >= 15 is 0 Å². The van der Waals surface area contributed by atoms with Crippen LogP contribution >= 0.6 is 11.3 Å². The van der Waals surface area contributed by atoms with Crippen molar-refractivity contribution in [1.29, 1.82) is 0 Å². The predicted octanol–water partition coefficient (Wildman–Crippen LogP) is 3.85. The van der Waals surface area contributed by atoms with E-state index in [0.717, 1.165) is 21.5 Å². The Bertz CT molecular complexity index is 901. The average molecular weight is 310 g/mol. The Balaban J connectivity index is 2.11. The van der Waals surface area contributed by atoms with Crippen molar-refractivity contribution >= 4 is 27.5 Å². The minimum atomic E-state index is -0.194. The van der Waals surface area contributed by atoms with Crippen molar-refractivity contribution in [2.75, 3.05) is 0 Å². The summed E-state index contributed by atoms with van der Waals surface area (Å²) in [5.74, 6) is -0.194. The summed E-state index contributed by atoms with van der Waals surface area (Å²) in [6.07, 6.45) is 0.966. The third-order valence-corrected chi connectivity index (χ3v) is 4.88. The standard InChI is InChI=1S/C18H18N2OS/c1-4-13-6-5-7-15-16(13)20(3)18(22-15)19-17(21)14-10-8-12(2)9-11-14/h5-11H,4H2,1-3H3. The predicted molar refractivity (Wildman–Crippen MR) is 91.2 cm³/mol. The average Bonchev–Trinajstić information content (AvgIpc) is 2.84. The lowest BCUT2D eigenvalue weighted by molar-refractivity contribution is 0.0998. The van der Waals surface area contributed by atoms with Crippen molar-refractivity contribution in [1.82, 2.24) is 4.57 Å². The second kappa shape index (κ2) is 5.89. The quantitative estimate of drug-likeness (QED) is 0.708. The Morgan fingerprint density at radius 3 is 2.59 bits per heavy atom. The van der Waals surface area contributed by atoms with Gasteiger partial charge in [-0.3, -0.25) is 4.79 Å². The minimum absolute atomic E-state index is 0.194. The molecule has 0 radical (unpaired) electrons. The van der Waals surface area contributed by atoms with Crippen LogP contribution < -0.4 is 4.80 Å². The van der Waals surface area contributed by atoms with Gasteiger partial charge in [-0.25, -0.2) is 0 Å². The highest BCUT2D eigenvalue weighted by molar-refractivity contribution is 7.16. The molecule has 0 atom stereocenters. The van der Waals surface area contributed by atoms with Gasteiger partial charge in [0.15, 0.2) is 4.80 Å². The first-order valence-electron chi connectivity index (χ1n) is 7.33. The van der Waals surface area contributed by atoms with Gasteiger partial charge >= 0.3 is 0 Å². The smallest absolute Gasteiger partial charge is 0.279 e. The lowest BCUT2D eigenvalue weighted by Crippen LogP contribution is -2.13. The number of fused-ring (bicyclic) bond motifs is 1. The van der Waals surface area contributed by atoms with E-state index in [4.69, 9.17) is 0 Å². The van der Waals surface area contributed by atoms with Gasteiger partial charge in [-0.1, -0.05) is 48.1 Å². The van der Waals surface area contributed by atoms with Crippen molar-refractivity contribution in [3.63, 3.8) is 0 Å². The van der Waals surface area contributed by atoms with Crippen LogP contribution in [0, 0.1) is 6.92 Å². The summed E-state index contributed by atoms with van der Waals surface area (Å²) in [5.41, 5.74) is 4.21. The number of aromatic nitrogens is 1. The molecule has 1 aromatic heterocycles. The number of benzene rings is 2. The SMILES string of the molecule is CCc1cccc2sc(=NC(=O)c3ccc(C)cc3)n(C)c12. The molecule has 0 fully saturated rings. The van der Waals surface area contributed by atoms with E-state index in [1.165, 1.54) is 11.1 Å². The number of carbonyl (C=O) groups excluding carboxylic acids is 1. The number of hydrogen-bond acceptors (Lipinski definition) is 2. The van der Waals surface area contributed by atoms with E-state index in [9.17, 15) is 4.79 Å². The molecule has 0 saturated heterocycles. The molecule has 1 amide bonds. The minimum Gasteiger partial charge on any atom is -0.319 e. The number of rotatable bonds is 2. The van der Waals surface area contributed by atoms with Gasteiger partial charge in [-0.05, 0) is 37.1 Å². The molecule has 0 unspecified atom stereocenters. The zero-order valence-corrected chi connectivity index (χ0v) is 13.8. The molecule has 0 aliphatic carbocycles. The van der Waals surface area contributed by atoms with Crippen LogP contribution in [0.1, 0.15) is 28.4 Å². The maximum atomic E-state index is 12.3. The Labute approximate surface area is 133 Å². The van der Waals surface area contributed by atoms with Crippen LogP contribution in [0.3, 0.4) is 0 Å².